The lowest BCUT2D eigenvalue weighted by Gasteiger charge is -2.29. The van der Waals surface area contributed by atoms with Gasteiger partial charge in [0.2, 0.25) is 0 Å². The van der Waals surface area contributed by atoms with Crippen LogP contribution in [0.2, 0.25) is 0 Å². The molecule has 1 fully saturated rings. The van der Waals surface area contributed by atoms with Crippen LogP contribution >= 0.6 is 0 Å². The average Bonchev–Trinajstić information content (AvgIpc) is 2.33. The van der Waals surface area contributed by atoms with E-state index in [1.54, 1.807) is 6.20 Å². The number of hydrogen-bond acceptors (Lipinski definition) is 3. The molecule has 0 radical (unpaired) electrons. The molecule has 0 amide bonds. The smallest absolute Gasteiger partial charge is 0.138 e. The number of rotatable bonds is 3. The molecule has 88 valence electrons. The molecule has 3 nitrogen and oxygen atoms in total. The monoisotopic (exact) mass is 220 g/mol. The Balaban J connectivity index is 1.96. The van der Waals surface area contributed by atoms with Crippen molar-refractivity contribution in [1.29, 1.82) is 0 Å². The van der Waals surface area contributed by atoms with Gasteiger partial charge in [0.25, 0.3) is 0 Å². The van der Waals surface area contributed by atoms with Gasteiger partial charge in [0.1, 0.15) is 11.9 Å². The van der Waals surface area contributed by atoms with E-state index in [2.05, 4.69) is 11.9 Å². The third kappa shape index (κ3) is 2.73. The van der Waals surface area contributed by atoms with Crippen LogP contribution in [0.4, 0.5) is 0 Å². The molecule has 1 heterocycles. The summed E-state index contributed by atoms with van der Waals surface area (Å²) in [7, 11) is 0. The van der Waals surface area contributed by atoms with E-state index in [4.69, 9.17) is 10.5 Å². The number of aromatic nitrogens is 1. The molecule has 1 aromatic heterocycles. The zero-order chi connectivity index (χ0) is 11.4. The summed E-state index contributed by atoms with van der Waals surface area (Å²) in [5.41, 5.74) is 6.41. The van der Waals surface area contributed by atoms with E-state index in [1.807, 2.05) is 12.1 Å². The molecule has 1 saturated carbocycles. The molecule has 0 aromatic carbocycles. The van der Waals surface area contributed by atoms with Gasteiger partial charge in [-0.3, -0.25) is 4.98 Å². The normalized spacial score (nSPS) is 25.4. The molecule has 2 atom stereocenters. The standard InChI is InChI=1S/C13H20N2O/c1-10-4-2-3-5-13(10)16-12-7-6-11(8-14)15-9-12/h6-7,9-10,13H,2-5,8,14H2,1H3. The highest BCUT2D eigenvalue weighted by molar-refractivity contribution is 5.20. The van der Waals surface area contributed by atoms with E-state index in [0.717, 1.165) is 11.4 Å². The van der Waals surface area contributed by atoms with Gasteiger partial charge in [0.15, 0.2) is 0 Å². The molecule has 1 aromatic rings. The van der Waals surface area contributed by atoms with Crippen molar-refractivity contribution in [2.24, 2.45) is 11.7 Å². The Morgan fingerprint density at radius 1 is 1.38 bits per heavy atom. The first-order chi connectivity index (χ1) is 7.79. The number of ether oxygens (including phenoxy) is 1. The summed E-state index contributed by atoms with van der Waals surface area (Å²) in [6.45, 7) is 2.76. The summed E-state index contributed by atoms with van der Waals surface area (Å²) in [6, 6.07) is 3.90. The van der Waals surface area contributed by atoms with E-state index in [9.17, 15) is 0 Å². The first kappa shape index (κ1) is 11.4. The third-order valence-corrected chi connectivity index (χ3v) is 3.33. The fraction of sp³-hybridized carbons (Fsp3) is 0.615. The SMILES string of the molecule is CC1CCCCC1Oc1ccc(CN)nc1. The Labute approximate surface area is 97.0 Å². The minimum atomic E-state index is 0.360. The average molecular weight is 220 g/mol. The van der Waals surface area contributed by atoms with Crippen molar-refractivity contribution < 1.29 is 4.74 Å². The third-order valence-electron chi connectivity index (χ3n) is 3.33. The number of nitrogens with zero attached hydrogens (tertiary/aromatic N) is 1. The Morgan fingerprint density at radius 2 is 2.19 bits per heavy atom. The van der Waals surface area contributed by atoms with E-state index < -0.39 is 0 Å². The predicted molar refractivity (Wildman–Crippen MR) is 64.2 cm³/mol. The summed E-state index contributed by atoms with van der Waals surface area (Å²) in [4.78, 5) is 4.24. The minimum absolute atomic E-state index is 0.360. The number of nitrogens with two attached hydrogens (primary N) is 1. The number of hydrogen-bond donors (Lipinski definition) is 1. The quantitative estimate of drug-likeness (QED) is 0.851. The largest absolute Gasteiger partial charge is 0.489 e. The summed E-state index contributed by atoms with van der Waals surface area (Å²) in [6.07, 6.45) is 7.20. The molecule has 2 unspecified atom stereocenters. The second-order valence-electron chi connectivity index (χ2n) is 4.61. The van der Waals surface area contributed by atoms with Crippen molar-refractivity contribution in [3.05, 3.63) is 24.0 Å². The highest BCUT2D eigenvalue weighted by Crippen LogP contribution is 2.27. The Kier molecular flexibility index (Phi) is 3.78. The maximum atomic E-state index is 5.96. The maximum Gasteiger partial charge on any atom is 0.138 e. The second-order valence-corrected chi connectivity index (χ2v) is 4.61. The van der Waals surface area contributed by atoms with E-state index in [1.165, 1.54) is 25.7 Å². The molecule has 2 N–H and O–H groups in total. The molecule has 16 heavy (non-hydrogen) atoms. The van der Waals surface area contributed by atoms with Gasteiger partial charge in [-0.1, -0.05) is 13.3 Å². The molecule has 0 saturated heterocycles. The summed E-state index contributed by atoms with van der Waals surface area (Å²) in [5, 5.41) is 0. The van der Waals surface area contributed by atoms with Gasteiger partial charge < -0.3 is 10.5 Å². The van der Waals surface area contributed by atoms with Crippen LogP contribution in [-0.2, 0) is 6.54 Å². The molecular formula is C13H20N2O. The summed E-state index contributed by atoms with van der Waals surface area (Å²) < 4.78 is 5.96. The Morgan fingerprint density at radius 3 is 2.81 bits per heavy atom. The van der Waals surface area contributed by atoms with Gasteiger partial charge in [-0.15, -0.1) is 0 Å². The van der Waals surface area contributed by atoms with Crippen LogP contribution in [0.5, 0.6) is 5.75 Å². The topological polar surface area (TPSA) is 48.1 Å². The van der Waals surface area contributed by atoms with Crippen molar-refractivity contribution >= 4 is 0 Å². The molecule has 2 rings (SSSR count). The molecule has 0 aliphatic heterocycles. The van der Waals surface area contributed by atoms with Crippen molar-refractivity contribution in [3.63, 3.8) is 0 Å². The maximum absolute atomic E-state index is 5.96. The lowest BCUT2D eigenvalue weighted by atomic mass is 9.88. The van der Waals surface area contributed by atoms with Crippen LogP contribution in [0.15, 0.2) is 18.3 Å². The highest BCUT2D eigenvalue weighted by atomic mass is 16.5. The van der Waals surface area contributed by atoms with Crippen molar-refractivity contribution in [3.8, 4) is 5.75 Å². The zero-order valence-electron chi connectivity index (χ0n) is 9.86. The van der Waals surface area contributed by atoms with Crippen LogP contribution < -0.4 is 10.5 Å². The van der Waals surface area contributed by atoms with Crippen LogP contribution in [0.25, 0.3) is 0 Å². The first-order valence-electron chi connectivity index (χ1n) is 6.11. The molecule has 0 bridgehead atoms. The summed E-state index contributed by atoms with van der Waals surface area (Å²) >= 11 is 0. The van der Waals surface area contributed by atoms with Gasteiger partial charge in [-0.25, -0.2) is 0 Å². The van der Waals surface area contributed by atoms with Gasteiger partial charge in [-0.2, -0.15) is 0 Å². The van der Waals surface area contributed by atoms with Crippen LogP contribution in [0.1, 0.15) is 38.3 Å². The molecule has 1 aliphatic carbocycles. The lowest BCUT2D eigenvalue weighted by molar-refractivity contribution is 0.102. The minimum Gasteiger partial charge on any atom is -0.489 e. The molecular weight excluding hydrogens is 200 g/mol. The second kappa shape index (κ2) is 5.30. The first-order valence-corrected chi connectivity index (χ1v) is 6.11. The van der Waals surface area contributed by atoms with E-state index in [-0.39, 0.29) is 0 Å². The molecule has 1 aliphatic rings. The van der Waals surface area contributed by atoms with Gasteiger partial charge >= 0.3 is 0 Å². The van der Waals surface area contributed by atoms with E-state index >= 15 is 0 Å². The number of pyridine rings is 1. The van der Waals surface area contributed by atoms with Crippen LogP contribution in [-0.4, -0.2) is 11.1 Å². The van der Waals surface area contributed by atoms with E-state index in [0.29, 0.717) is 18.6 Å². The summed E-state index contributed by atoms with van der Waals surface area (Å²) in [5.74, 6) is 1.53. The van der Waals surface area contributed by atoms with Gasteiger partial charge in [0, 0.05) is 6.54 Å². The lowest BCUT2D eigenvalue weighted by Crippen LogP contribution is -2.28. The van der Waals surface area contributed by atoms with Crippen LogP contribution in [0.3, 0.4) is 0 Å². The molecule has 0 spiro atoms. The Hall–Kier alpha value is -1.09. The van der Waals surface area contributed by atoms with Gasteiger partial charge in [-0.05, 0) is 37.3 Å². The van der Waals surface area contributed by atoms with Crippen LogP contribution in [0, 0.1) is 5.92 Å². The fourth-order valence-electron chi connectivity index (χ4n) is 2.23. The van der Waals surface area contributed by atoms with Crippen molar-refractivity contribution in [2.75, 3.05) is 0 Å². The predicted octanol–water partition coefficient (Wildman–Crippen LogP) is 2.50. The highest BCUT2D eigenvalue weighted by Gasteiger charge is 2.22. The Bertz CT molecular complexity index is 323. The fourth-order valence-corrected chi connectivity index (χ4v) is 2.23. The van der Waals surface area contributed by atoms with Crippen molar-refractivity contribution in [1.82, 2.24) is 4.98 Å². The molecule has 3 heteroatoms. The van der Waals surface area contributed by atoms with Crippen molar-refractivity contribution in [2.45, 2.75) is 45.3 Å². The van der Waals surface area contributed by atoms with Gasteiger partial charge in [0.05, 0.1) is 11.9 Å². The zero-order valence-corrected chi connectivity index (χ0v) is 9.86.